The Balaban J connectivity index is 1.86. The summed E-state index contributed by atoms with van der Waals surface area (Å²) >= 11 is 0. The van der Waals surface area contributed by atoms with Crippen molar-refractivity contribution >= 4 is 11.5 Å². The highest BCUT2D eigenvalue weighted by molar-refractivity contribution is 5.44. The summed E-state index contributed by atoms with van der Waals surface area (Å²) in [5.74, 6) is 1.05. The molecule has 1 aromatic rings. The molecular formula is C12H17N3O3. The minimum Gasteiger partial charge on any atom is -0.393 e. The van der Waals surface area contributed by atoms with E-state index >= 15 is 0 Å². The van der Waals surface area contributed by atoms with Gasteiger partial charge in [0, 0.05) is 18.8 Å². The zero-order valence-electron chi connectivity index (χ0n) is 10.1. The molecule has 0 amide bonds. The molecule has 0 bridgehead atoms. The first-order chi connectivity index (χ1) is 8.65. The van der Waals surface area contributed by atoms with Gasteiger partial charge in [-0.1, -0.05) is 0 Å². The Hall–Kier alpha value is -1.69. The predicted octanol–water partition coefficient (Wildman–Crippen LogP) is 1.95. The quantitative estimate of drug-likeness (QED) is 0.630. The van der Waals surface area contributed by atoms with Gasteiger partial charge in [0.15, 0.2) is 0 Å². The van der Waals surface area contributed by atoms with E-state index in [2.05, 4.69) is 10.3 Å². The van der Waals surface area contributed by atoms with Crippen molar-refractivity contribution < 1.29 is 10.0 Å². The van der Waals surface area contributed by atoms with E-state index in [1.165, 1.54) is 18.3 Å². The van der Waals surface area contributed by atoms with Crippen LogP contribution in [0, 0.1) is 16.0 Å². The van der Waals surface area contributed by atoms with Crippen LogP contribution in [-0.2, 0) is 0 Å². The van der Waals surface area contributed by atoms with Crippen LogP contribution in [-0.4, -0.2) is 27.7 Å². The number of aliphatic hydroxyl groups excluding tert-OH is 1. The van der Waals surface area contributed by atoms with E-state index in [0.717, 1.165) is 32.2 Å². The molecule has 0 radical (unpaired) electrons. The minimum atomic E-state index is -0.427. The molecule has 0 unspecified atom stereocenters. The number of aromatic nitrogens is 1. The number of nitrogens with zero attached hydrogens (tertiary/aromatic N) is 2. The van der Waals surface area contributed by atoms with E-state index in [1.54, 1.807) is 0 Å². The van der Waals surface area contributed by atoms with Gasteiger partial charge in [0.25, 0.3) is 5.69 Å². The van der Waals surface area contributed by atoms with Gasteiger partial charge in [-0.25, -0.2) is 4.98 Å². The van der Waals surface area contributed by atoms with E-state index in [0.29, 0.717) is 11.7 Å². The first kappa shape index (κ1) is 12.8. The van der Waals surface area contributed by atoms with Gasteiger partial charge >= 0.3 is 0 Å². The highest BCUT2D eigenvalue weighted by atomic mass is 16.6. The second kappa shape index (κ2) is 5.77. The molecule has 2 rings (SSSR count). The molecule has 0 saturated heterocycles. The molecule has 2 N–H and O–H groups in total. The maximum absolute atomic E-state index is 10.6. The Morgan fingerprint density at radius 3 is 2.83 bits per heavy atom. The third kappa shape index (κ3) is 3.40. The normalized spacial score (nSPS) is 23.6. The van der Waals surface area contributed by atoms with Crippen molar-refractivity contribution in [3.63, 3.8) is 0 Å². The van der Waals surface area contributed by atoms with Crippen molar-refractivity contribution in [1.29, 1.82) is 0 Å². The maximum atomic E-state index is 10.6. The Morgan fingerprint density at radius 2 is 2.17 bits per heavy atom. The standard InChI is InChI=1S/C12H17N3O3/c16-11-3-1-9(2-4-11)8-14-12-7-10(15(17)18)5-6-13-12/h5-7,9,11,16H,1-4,8H2,(H,13,14). The van der Waals surface area contributed by atoms with Gasteiger partial charge in [-0.15, -0.1) is 0 Å². The fourth-order valence-electron chi connectivity index (χ4n) is 2.23. The second-order valence-corrected chi connectivity index (χ2v) is 4.71. The third-order valence-corrected chi connectivity index (χ3v) is 3.34. The molecule has 0 aliphatic heterocycles. The van der Waals surface area contributed by atoms with Crippen LogP contribution < -0.4 is 5.32 Å². The van der Waals surface area contributed by atoms with Crippen LogP contribution in [0.15, 0.2) is 18.3 Å². The highest BCUT2D eigenvalue weighted by Gasteiger charge is 2.19. The van der Waals surface area contributed by atoms with E-state index < -0.39 is 4.92 Å². The molecule has 1 heterocycles. The molecule has 6 heteroatoms. The maximum Gasteiger partial charge on any atom is 0.274 e. The number of anilines is 1. The van der Waals surface area contributed by atoms with E-state index in [9.17, 15) is 15.2 Å². The fourth-order valence-corrected chi connectivity index (χ4v) is 2.23. The summed E-state index contributed by atoms with van der Waals surface area (Å²) < 4.78 is 0. The molecule has 98 valence electrons. The Labute approximate surface area is 105 Å². The Morgan fingerprint density at radius 1 is 1.44 bits per heavy atom. The summed E-state index contributed by atoms with van der Waals surface area (Å²) in [6.45, 7) is 0.751. The zero-order chi connectivity index (χ0) is 13.0. The number of nitro groups is 1. The number of pyridine rings is 1. The number of nitrogens with one attached hydrogen (secondary N) is 1. The van der Waals surface area contributed by atoms with Gasteiger partial charge in [-0.05, 0) is 31.6 Å². The average molecular weight is 251 g/mol. The molecule has 1 fully saturated rings. The summed E-state index contributed by atoms with van der Waals surface area (Å²) in [6.07, 6.45) is 4.94. The molecule has 1 aliphatic rings. The van der Waals surface area contributed by atoms with Crippen LogP contribution in [0.5, 0.6) is 0 Å². The SMILES string of the molecule is O=[N+]([O-])c1ccnc(NCC2CCC(O)CC2)c1. The van der Waals surface area contributed by atoms with E-state index in [-0.39, 0.29) is 11.8 Å². The largest absolute Gasteiger partial charge is 0.393 e. The number of rotatable bonds is 4. The number of hydrogen-bond donors (Lipinski definition) is 2. The smallest absolute Gasteiger partial charge is 0.274 e. The van der Waals surface area contributed by atoms with Gasteiger partial charge in [0.1, 0.15) is 5.82 Å². The lowest BCUT2D eigenvalue weighted by Crippen LogP contribution is -2.23. The summed E-state index contributed by atoms with van der Waals surface area (Å²) in [6, 6.07) is 2.82. The average Bonchev–Trinajstić information content (AvgIpc) is 2.38. The molecule has 18 heavy (non-hydrogen) atoms. The van der Waals surface area contributed by atoms with Crippen LogP contribution in [0.1, 0.15) is 25.7 Å². The van der Waals surface area contributed by atoms with Crippen molar-refractivity contribution in [2.45, 2.75) is 31.8 Å². The van der Waals surface area contributed by atoms with Gasteiger partial charge in [-0.2, -0.15) is 0 Å². The molecule has 1 saturated carbocycles. The van der Waals surface area contributed by atoms with Crippen molar-refractivity contribution in [1.82, 2.24) is 4.98 Å². The Bertz CT molecular complexity index is 417. The molecular weight excluding hydrogens is 234 g/mol. The minimum absolute atomic E-state index is 0.0477. The lowest BCUT2D eigenvalue weighted by molar-refractivity contribution is -0.384. The van der Waals surface area contributed by atoms with Crippen LogP contribution in [0.3, 0.4) is 0 Å². The number of aliphatic hydroxyl groups is 1. The van der Waals surface area contributed by atoms with E-state index in [4.69, 9.17) is 0 Å². The van der Waals surface area contributed by atoms with Crippen LogP contribution >= 0.6 is 0 Å². The second-order valence-electron chi connectivity index (χ2n) is 4.71. The van der Waals surface area contributed by atoms with Gasteiger partial charge < -0.3 is 10.4 Å². The van der Waals surface area contributed by atoms with Gasteiger partial charge in [-0.3, -0.25) is 10.1 Å². The van der Waals surface area contributed by atoms with Crippen molar-refractivity contribution in [3.05, 3.63) is 28.4 Å². The Kier molecular flexibility index (Phi) is 4.09. The van der Waals surface area contributed by atoms with Crippen LogP contribution in [0.25, 0.3) is 0 Å². The molecule has 0 spiro atoms. The lowest BCUT2D eigenvalue weighted by atomic mass is 9.87. The molecule has 0 aromatic carbocycles. The molecule has 6 nitrogen and oxygen atoms in total. The van der Waals surface area contributed by atoms with Gasteiger partial charge in [0.2, 0.25) is 0 Å². The highest BCUT2D eigenvalue weighted by Crippen LogP contribution is 2.24. The predicted molar refractivity (Wildman–Crippen MR) is 67.3 cm³/mol. The van der Waals surface area contributed by atoms with Crippen molar-refractivity contribution in [2.24, 2.45) is 5.92 Å². The first-order valence-corrected chi connectivity index (χ1v) is 6.17. The first-order valence-electron chi connectivity index (χ1n) is 6.17. The number of hydrogen-bond acceptors (Lipinski definition) is 5. The van der Waals surface area contributed by atoms with E-state index in [1.807, 2.05) is 0 Å². The monoisotopic (exact) mass is 251 g/mol. The van der Waals surface area contributed by atoms with Crippen LogP contribution in [0.4, 0.5) is 11.5 Å². The zero-order valence-corrected chi connectivity index (χ0v) is 10.1. The fraction of sp³-hybridized carbons (Fsp3) is 0.583. The molecule has 1 aromatic heterocycles. The molecule has 1 aliphatic carbocycles. The van der Waals surface area contributed by atoms with Crippen molar-refractivity contribution in [3.8, 4) is 0 Å². The topological polar surface area (TPSA) is 88.3 Å². The summed E-state index contributed by atoms with van der Waals surface area (Å²) in [5, 5.41) is 23.1. The molecule has 0 atom stereocenters. The third-order valence-electron chi connectivity index (χ3n) is 3.34. The summed E-state index contributed by atoms with van der Waals surface area (Å²) in [4.78, 5) is 14.2. The summed E-state index contributed by atoms with van der Waals surface area (Å²) in [7, 11) is 0. The van der Waals surface area contributed by atoms with Gasteiger partial charge in [0.05, 0.1) is 17.1 Å². The van der Waals surface area contributed by atoms with Crippen molar-refractivity contribution in [2.75, 3.05) is 11.9 Å². The van der Waals surface area contributed by atoms with Crippen LogP contribution in [0.2, 0.25) is 0 Å². The lowest BCUT2D eigenvalue weighted by Gasteiger charge is -2.25. The summed E-state index contributed by atoms with van der Waals surface area (Å²) in [5.41, 5.74) is 0.0477.